The van der Waals surface area contributed by atoms with E-state index >= 15 is 0 Å². The maximum absolute atomic E-state index is 12.9. The van der Waals surface area contributed by atoms with Crippen molar-refractivity contribution in [3.63, 3.8) is 0 Å². The lowest BCUT2D eigenvalue weighted by Crippen LogP contribution is -2.24. The number of nitrogens with zero attached hydrogens (tertiary/aromatic N) is 6. The Kier molecular flexibility index (Phi) is 6.80. The van der Waals surface area contributed by atoms with Crippen molar-refractivity contribution in [1.82, 2.24) is 29.9 Å². The summed E-state index contributed by atoms with van der Waals surface area (Å²) in [4.78, 5) is 27.4. The summed E-state index contributed by atoms with van der Waals surface area (Å²) in [6.45, 7) is 1.02. The molecular formula is C27H23N7O3. The summed E-state index contributed by atoms with van der Waals surface area (Å²) >= 11 is 0. The van der Waals surface area contributed by atoms with Gasteiger partial charge in [-0.15, -0.1) is 0 Å². The van der Waals surface area contributed by atoms with Crippen LogP contribution in [-0.4, -0.2) is 35.4 Å². The summed E-state index contributed by atoms with van der Waals surface area (Å²) in [5, 5.41) is 22.8. The number of carbonyl (C=O) groups excluding carboxylic acids is 1. The minimum absolute atomic E-state index is 0.00200. The topological polar surface area (TPSA) is 121 Å². The average molecular weight is 494 g/mol. The molecule has 0 aliphatic rings. The molecule has 0 bridgehead atoms. The van der Waals surface area contributed by atoms with E-state index in [1.807, 2.05) is 60.8 Å². The highest BCUT2D eigenvalue weighted by Gasteiger charge is 2.16. The van der Waals surface area contributed by atoms with Crippen LogP contribution in [0, 0.1) is 10.1 Å². The molecule has 0 spiro atoms. The number of rotatable bonds is 9. The first-order valence-corrected chi connectivity index (χ1v) is 11.6. The predicted octanol–water partition coefficient (Wildman–Crippen LogP) is 3.95. The lowest BCUT2D eigenvalue weighted by atomic mass is 10.1. The molecule has 1 amide bonds. The first-order chi connectivity index (χ1) is 18.0. The van der Waals surface area contributed by atoms with Gasteiger partial charge in [-0.1, -0.05) is 42.5 Å². The lowest BCUT2D eigenvalue weighted by molar-refractivity contribution is -0.384. The third-order valence-corrected chi connectivity index (χ3v) is 5.84. The number of amides is 1. The Bertz CT molecular complexity index is 1490. The molecule has 3 aromatic carbocycles. The molecule has 2 heterocycles. The van der Waals surface area contributed by atoms with Crippen molar-refractivity contribution >= 4 is 11.6 Å². The van der Waals surface area contributed by atoms with Gasteiger partial charge in [0.15, 0.2) is 0 Å². The SMILES string of the molecule is O=C(Cc1cn(-c2ccccc2)nc1-c1ccc([N+](=O)[O-])cc1)NCc1ccc(Cn2cncn2)cc1. The highest BCUT2D eigenvalue weighted by Crippen LogP contribution is 2.26. The van der Waals surface area contributed by atoms with Crippen LogP contribution < -0.4 is 5.32 Å². The van der Waals surface area contributed by atoms with Crippen molar-refractivity contribution < 1.29 is 9.72 Å². The maximum Gasteiger partial charge on any atom is 0.269 e. The molecule has 0 fully saturated rings. The van der Waals surface area contributed by atoms with Crippen LogP contribution in [0.1, 0.15) is 16.7 Å². The fourth-order valence-corrected chi connectivity index (χ4v) is 3.94. The van der Waals surface area contributed by atoms with Crippen molar-refractivity contribution in [2.45, 2.75) is 19.5 Å². The van der Waals surface area contributed by atoms with E-state index in [-0.39, 0.29) is 18.0 Å². The van der Waals surface area contributed by atoms with Crippen molar-refractivity contribution in [3.8, 4) is 16.9 Å². The minimum Gasteiger partial charge on any atom is -0.352 e. The smallest absolute Gasteiger partial charge is 0.269 e. The van der Waals surface area contributed by atoms with Crippen molar-refractivity contribution in [2.24, 2.45) is 0 Å². The normalized spacial score (nSPS) is 10.8. The number of hydrogen-bond acceptors (Lipinski definition) is 6. The van der Waals surface area contributed by atoms with Gasteiger partial charge < -0.3 is 5.32 Å². The molecule has 184 valence electrons. The third kappa shape index (κ3) is 5.76. The molecule has 0 saturated carbocycles. The molecule has 2 aromatic heterocycles. The van der Waals surface area contributed by atoms with E-state index < -0.39 is 4.92 Å². The largest absolute Gasteiger partial charge is 0.352 e. The molecule has 0 radical (unpaired) electrons. The fraction of sp³-hybridized carbons (Fsp3) is 0.111. The molecule has 10 heteroatoms. The van der Waals surface area contributed by atoms with Crippen LogP contribution in [0.3, 0.4) is 0 Å². The summed E-state index contributed by atoms with van der Waals surface area (Å²) < 4.78 is 3.46. The lowest BCUT2D eigenvalue weighted by Gasteiger charge is -2.07. The second kappa shape index (κ2) is 10.6. The zero-order chi connectivity index (χ0) is 25.6. The van der Waals surface area contributed by atoms with Gasteiger partial charge >= 0.3 is 0 Å². The molecule has 5 aromatic rings. The number of hydrogen-bond donors (Lipinski definition) is 1. The second-order valence-electron chi connectivity index (χ2n) is 8.45. The van der Waals surface area contributed by atoms with Crippen LogP contribution in [-0.2, 0) is 24.3 Å². The molecule has 5 rings (SSSR count). The van der Waals surface area contributed by atoms with Crippen LogP contribution >= 0.6 is 0 Å². The van der Waals surface area contributed by atoms with Crippen molar-refractivity contribution in [1.29, 1.82) is 0 Å². The maximum atomic E-state index is 12.9. The van der Waals surface area contributed by atoms with Gasteiger partial charge in [0.1, 0.15) is 12.7 Å². The first-order valence-electron chi connectivity index (χ1n) is 11.6. The molecular weight excluding hydrogens is 470 g/mol. The van der Waals surface area contributed by atoms with E-state index in [0.717, 1.165) is 22.4 Å². The number of aromatic nitrogens is 5. The molecule has 0 aliphatic carbocycles. The number of non-ortho nitro benzene ring substituents is 1. The van der Waals surface area contributed by atoms with Crippen LogP contribution in [0.15, 0.2) is 97.7 Å². The molecule has 10 nitrogen and oxygen atoms in total. The van der Waals surface area contributed by atoms with Gasteiger partial charge in [-0.3, -0.25) is 14.9 Å². The Morgan fingerprint density at radius 2 is 1.68 bits per heavy atom. The van der Waals surface area contributed by atoms with Crippen molar-refractivity contribution in [3.05, 3.63) is 125 Å². The molecule has 37 heavy (non-hydrogen) atoms. The minimum atomic E-state index is -0.443. The number of para-hydroxylation sites is 1. The number of nitro groups is 1. The van der Waals surface area contributed by atoms with Crippen molar-refractivity contribution in [2.75, 3.05) is 0 Å². The Labute approximate surface area is 212 Å². The third-order valence-electron chi connectivity index (χ3n) is 5.84. The first kappa shape index (κ1) is 23.6. The van der Waals surface area contributed by atoms with Crippen LogP contribution in [0.4, 0.5) is 5.69 Å². The van der Waals surface area contributed by atoms with E-state index in [4.69, 9.17) is 5.10 Å². The number of carbonyl (C=O) groups is 1. The van der Waals surface area contributed by atoms with Crippen LogP contribution in [0.2, 0.25) is 0 Å². The molecule has 0 unspecified atom stereocenters. The Balaban J connectivity index is 1.30. The Morgan fingerprint density at radius 1 is 0.946 bits per heavy atom. The monoisotopic (exact) mass is 493 g/mol. The van der Waals surface area contributed by atoms with Gasteiger partial charge in [-0.2, -0.15) is 10.2 Å². The second-order valence-corrected chi connectivity index (χ2v) is 8.45. The quantitative estimate of drug-likeness (QED) is 0.245. The average Bonchev–Trinajstić information content (AvgIpc) is 3.59. The Morgan fingerprint density at radius 3 is 2.35 bits per heavy atom. The molecule has 0 atom stereocenters. The molecule has 1 N–H and O–H groups in total. The van der Waals surface area contributed by atoms with Gasteiger partial charge in [0, 0.05) is 36.0 Å². The van der Waals surface area contributed by atoms with E-state index in [1.165, 1.54) is 18.5 Å². The predicted molar refractivity (Wildman–Crippen MR) is 137 cm³/mol. The standard InChI is InChI=1S/C27H23N7O3/c35-26(29-15-20-6-8-21(9-7-20)16-32-19-28-18-30-32)14-23-17-33(24-4-2-1-3-5-24)31-27(23)22-10-12-25(13-11-22)34(36)37/h1-13,17-19H,14-16H2,(H,29,35). The summed E-state index contributed by atoms with van der Waals surface area (Å²) in [5.41, 5.74) is 4.94. The van der Waals surface area contributed by atoms with Gasteiger partial charge in [0.2, 0.25) is 5.91 Å². The number of nitrogens with one attached hydrogen (secondary N) is 1. The van der Waals surface area contributed by atoms with Gasteiger partial charge in [0.05, 0.1) is 29.3 Å². The Hall–Kier alpha value is -5.12. The number of nitro benzene ring substituents is 1. The van der Waals surface area contributed by atoms with Crippen LogP contribution in [0.5, 0.6) is 0 Å². The van der Waals surface area contributed by atoms with E-state index in [2.05, 4.69) is 15.4 Å². The summed E-state index contributed by atoms with van der Waals surface area (Å²) in [7, 11) is 0. The van der Waals surface area contributed by atoms with E-state index in [1.54, 1.807) is 27.8 Å². The van der Waals surface area contributed by atoms with Gasteiger partial charge in [-0.25, -0.2) is 14.3 Å². The van der Waals surface area contributed by atoms with E-state index in [0.29, 0.717) is 24.3 Å². The zero-order valence-corrected chi connectivity index (χ0v) is 19.8. The highest BCUT2D eigenvalue weighted by molar-refractivity contribution is 5.81. The number of benzene rings is 3. The summed E-state index contributed by atoms with van der Waals surface area (Å²) in [6, 6.07) is 23.7. The molecule has 0 saturated heterocycles. The van der Waals surface area contributed by atoms with Gasteiger partial charge in [0.25, 0.3) is 5.69 Å². The fourth-order valence-electron chi connectivity index (χ4n) is 3.94. The highest BCUT2D eigenvalue weighted by atomic mass is 16.6. The zero-order valence-electron chi connectivity index (χ0n) is 19.8. The van der Waals surface area contributed by atoms with E-state index in [9.17, 15) is 14.9 Å². The van der Waals surface area contributed by atoms with Crippen LogP contribution in [0.25, 0.3) is 16.9 Å². The summed E-state index contributed by atoms with van der Waals surface area (Å²) in [5.74, 6) is -0.150. The molecule has 0 aliphatic heterocycles. The van der Waals surface area contributed by atoms with Gasteiger partial charge in [-0.05, 0) is 35.4 Å². The summed E-state index contributed by atoms with van der Waals surface area (Å²) in [6.07, 6.45) is 5.10.